The summed E-state index contributed by atoms with van der Waals surface area (Å²) in [7, 11) is 1.59. The van der Waals surface area contributed by atoms with Crippen molar-refractivity contribution in [2.24, 2.45) is 0 Å². The van der Waals surface area contributed by atoms with Crippen LogP contribution in [0.25, 0.3) is 11.4 Å². The Morgan fingerprint density at radius 2 is 1.85 bits per heavy atom. The average Bonchev–Trinajstić information content (AvgIpc) is 3.17. The lowest BCUT2D eigenvalue weighted by Crippen LogP contribution is -2.03. The first-order valence-electron chi connectivity index (χ1n) is 7.68. The fourth-order valence-corrected chi connectivity index (χ4v) is 3.03. The molecule has 9 heteroatoms. The molecule has 0 radical (unpaired) electrons. The maximum absolute atomic E-state index is 12.9. The van der Waals surface area contributed by atoms with E-state index >= 15 is 0 Å². The van der Waals surface area contributed by atoms with Gasteiger partial charge < -0.3 is 9.26 Å². The van der Waals surface area contributed by atoms with Gasteiger partial charge in [-0.3, -0.25) is 4.79 Å². The number of rotatable bonds is 7. The van der Waals surface area contributed by atoms with E-state index in [4.69, 9.17) is 16.3 Å². The molecule has 0 aliphatic rings. The maximum atomic E-state index is 12.9. The third-order valence-electron chi connectivity index (χ3n) is 3.56. The van der Waals surface area contributed by atoms with Gasteiger partial charge in [0.25, 0.3) is 0 Å². The zero-order valence-corrected chi connectivity index (χ0v) is 15.6. The highest BCUT2D eigenvalue weighted by molar-refractivity contribution is 8.00. The highest BCUT2D eigenvalue weighted by Crippen LogP contribution is 2.32. The molecule has 0 saturated carbocycles. The molecule has 0 aliphatic heterocycles. The molecule has 0 amide bonds. The molecular formula is C18H13ClF2N2O3S. The lowest BCUT2D eigenvalue weighted by molar-refractivity contribution is 0.0551. The smallest absolute Gasteiger partial charge is 0.400 e. The molecule has 0 N–H and O–H groups in total. The summed E-state index contributed by atoms with van der Waals surface area (Å²) in [6, 6.07) is 13.7. The normalized spacial score (nSPS) is 11.4. The topological polar surface area (TPSA) is 65.2 Å². The molecule has 0 saturated heterocycles. The number of halogens is 3. The fourth-order valence-electron chi connectivity index (χ4n) is 2.17. The SMILES string of the molecule is COc1ccc(SCC(=O)c2ccc(-c3noc(C(F)(F)Cl)n3)cc2)cc1. The molecule has 1 heterocycles. The second-order valence-corrected chi connectivity index (χ2v) is 6.91. The van der Waals surface area contributed by atoms with Crippen LogP contribution in [0.2, 0.25) is 0 Å². The standard InChI is InChI=1S/C18H13ClF2N2O3S/c1-25-13-6-8-14(9-7-13)27-10-15(24)11-2-4-12(5-3-11)16-22-17(26-23-16)18(19,20)21/h2-9H,10H2,1H3. The van der Waals surface area contributed by atoms with E-state index in [1.165, 1.54) is 11.8 Å². The van der Waals surface area contributed by atoms with Gasteiger partial charge in [0, 0.05) is 16.0 Å². The van der Waals surface area contributed by atoms with Crippen molar-refractivity contribution >= 4 is 29.1 Å². The lowest BCUT2D eigenvalue weighted by atomic mass is 10.1. The van der Waals surface area contributed by atoms with Crippen LogP contribution in [0.15, 0.2) is 57.9 Å². The molecule has 0 fully saturated rings. The van der Waals surface area contributed by atoms with E-state index in [1.807, 2.05) is 24.3 Å². The van der Waals surface area contributed by atoms with Crippen molar-refractivity contribution < 1.29 is 22.8 Å². The summed E-state index contributed by atoms with van der Waals surface area (Å²) in [5.41, 5.74) is 0.927. The summed E-state index contributed by atoms with van der Waals surface area (Å²) in [6.45, 7) is 0. The van der Waals surface area contributed by atoms with Crippen molar-refractivity contribution in [3.05, 3.63) is 60.0 Å². The Morgan fingerprint density at radius 3 is 2.41 bits per heavy atom. The van der Waals surface area contributed by atoms with Crippen molar-refractivity contribution in [1.29, 1.82) is 0 Å². The zero-order valence-electron chi connectivity index (χ0n) is 14.0. The van der Waals surface area contributed by atoms with Crippen LogP contribution in [0.1, 0.15) is 16.2 Å². The predicted octanol–water partition coefficient (Wildman–Crippen LogP) is 5.01. The Balaban J connectivity index is 1.63. The van der Waals surface area contributed by atoms with Gasteiger partial charge in [0.1, 0.15) is 5.75 Å². The van der Waals surface area contributed by atoms with Crippen molar-refractivity contribution in [1.82, 2.24) is 10.1 Å². The molecule has 0 bridgehead atoms. The van der Waals surface area contributed by atoms with Crippen molar-refractivity contribution in [2.45, 2.75) is 10.3 Å². The number of hydrogen-bond acceptors (Lipinski definition) is 6. The van der Waals surface area contributed by atoms with Crippen LogP contribution in [0.3, 0.4) is 0 Å². The quantitative estimate of drug-likeness (QED) is 0.310. The van der Waals surface area contributed by atoms with Gasteiger partial charge in [0.2, 0.25) is 5.82 Å². The summed E-state index contributed by atoms with van der Waals surface area (Å²) < 4.78 is 35.4. The van der Waals surface area contributed by atoms with Gasteiger partial charge in [-0.15, -0.1) is 11.8 Å². The van der Waals surface area contributed by atoms with Crippen molar-refractivity contribution in [2.75, 3.05) is 12.9 Å². The van der Waals surface area contributed by atoms with E-state index in [-0.39, 0.29) is 17.4 Å². The van der Waals surface area contributed by atoms with Gasteiger partial charge in [-0.1, -0.05) is 29.4 Å². The summed E-state index contributed by atoms with van der Waals surface area (Å²) in [5.74, 6) is -0.0651. The summed E-state index contributed by atoms with van der Waals surface area (Å²) >= 11 is 6.25. The molecule has 1 aromatic heterocycles. The number of aromatic nitrogens is 2. The first-order chi connectivity index (χ1) is 12.9. The van der Waals surface area contributed by atoms with E-state index in [0.717, 1.165) is 10.6 Å². The first kappa shape index (κ1) is 19.3. The van der Waals surface area contributed by atoms with E-state index < -0.39 is 11.3 Å². The maximum Gasteiger partial charge on any atom is 0.400 e. The molecule has 3 rings (SSSR count). The number of ether oxygens (including phenoxy) is 1. The molecule has 3 aromatic rings. The largest absolute Gasteiger partial charge is 0.497 e. The molecule has 0 unspecified atom stereocenters. The molecule has 140 valence electrons. The Morgan fingerprint density at radius 1 is 1.19 bits per heavy atom. The second kappa shape index (κ2) is 8.06. The molecule has 5 nitrogen and oxygen atoms in total. The average molecular weight is 411 g/mol. The molecular weight excluding hydrogens is 398 g/mol. The number of carbonyl (C=O) groups is 1. The number of alkyl halides is 3. The van der Waals surface area contributed by atoms with Crippen LogP contribution >= 0.6 is 23.4 Å². The van der Waals surface area contributed by atoms with Gasteiger partial charge in [-0.2, -0.15) is 13.8 Å². The molecule has 27 heavy (non-hydrogen) atoms. The van der Waals surface area contributed by atoms with Crippen LogP contribution in [0.4, 0.5) is 8.78 Å². The molecule has 2 aromatic carbocycles. The Hall–Kier alpha value is -2.45. The van der Waals surface area contributed by atoms with Gasteiger partial charge >= 0.3 is 11.3 Å². The highest BCUT2D eigenvalue weighted by Gasteiger charge is 2.35. The predicted molar refractivity (Wildman–Crippen MR) is 97.5 cm³/mol. The fraction of sp³-hybridized carbons (Fsp3) is 0.167. The number of hydrogen-bond donors (Lipinski definition) is 0. The molecule has 0 aliphatic carbocycles. The lowest BCUT2D eigenvalue weighted by Gasteiger charge is -2.04. The first-order valence-corrected chi connectivity index (χ1v) is 9.04. The number of Topliss-reactive ketones (excluding diaryl/α,β-unsaturated/α-hetero) is 1. The van der Waals surface area contributed by atoms with Crippen LogP contribution in [-0.4, -0.2) is 28.8 Å². The van der Waals surface area contributed by atoms with Gasteiger partial charge in [0.05, 0.1) is 12.9 Å². The van der Waals surface area contributed by atoms with Crippen molar-refractivity contribution in [3.8, 4) is 17.1 Å². The minimum absolute atomic E-state index is 0.0306. The number of methoxy groups -OCH3 is 1. The van der Waals surface area contributed by atoms with Gasteiger partial charge in [-0.25, -0.2) is 0 Å². The molecule has 0 spiro atoms. The van der Waals surface area contributed by atoms with E-state index in [1.54, 1.807) is 31.4 Å². The number of nitrogens with zero attached hydrogens (tertiary/aromatic N) is 2. The minimum Gasteiger partial charge on any atom is -0.497 e. The Labute approximate surface area is 162 Å². The van der Waals surface area contributed by atoms with E-state index in [0.29, 0.717) is 11.1 Å². The van der Waals surface area contributed by atoms with Crippen LogP contribution in [0, 0.1) is 0 Å². The van der Waals surface area contributed by atoms with Crippen LogP contribution in [0.5, 0.6) is 5.75 Å². The third-order valence-corrected chi connectivity index (χ3v) is 4.74. The van der Waals surface area contributed by atoms with Crippen molar-refractivity contribution in [3.63, 3.8) is 0 Å². The molecule has 0 atom stereocenters. The number of benzene rings is 2. The number of ketones is 1. The third kappa shape index (κ3) is 4.84. The monoisotopic (exact) mass is 410 g/mol. The number of carbonyl (C=O) groups excluding carboxylic acids is 1. The van der Waals surface area contributed by atoms with Gasteiger partial charge in [0.15, 0.2) is 5.78 Å². The van der Waals surface area contributed by atoms with Gasteiger partial charge in [-0.05, 0) is 35.9 Å². The summed E-state index contributed by atoms with van der Waals surface area (Å²) in [5, 5.41) is -0.255. The Bertz CT molecular complexity index is 925. The Kier molecular flexibility index (Phi) is 5.76. The second-order valence-electron chi connectivity index (χ2n) is 5.39. The van der Waals surface area contributed by atoms with E-state index in [9.17, 15) is 13.6 Å². The van der Waals surface area contributed by atoms with E-state index in [2.05, 4.69) is 14.7 Å². The van der Waals surface area contributed by atoms with Crippen LogP contribution < -0.4 is 4.74 Å². The highest BCUT2D eigenvalue weighted by atomic mass is 35.5. The number of thioether (sulfide) groups is 1. The summed E-state index contributed by atoms with van der Waals surface area (Å²) in [6.07, 6.45) is 0. The summed E-state index contributed by atoms with van der Waals surface area (Å²) in [4.78, 5) is 16.8. The zero-order chi connectivity index (χ0) is 19.4. The van der Waals surface area contributed by atoms with Crippen LogP contribution in [-0.2, 0) is 5.38 Å². The minimum atomic E-state index is -3.72.